The molecule has 0 saturated carbocycles. The Hall–Kier alpha value is -2.78. The highest BCUT2D eigenvalue weighted by Gasteiger charge is 2.30. The maximum Gasteiger partial charge on any atom is 0.416 e. The Balaban J connectivity index is 1.86. The molecule has 0 fully saturated rings. The van der Waals surface area contributed by atoms with Crippen molar-refractivity contribution in [2.75, 3.05) is 11.4 Å². The maximum absolute atomic E-state index is 13.0. The summed E-state index contributed by atoms with van der Waals surface area (Å²) < 4.78 is 38.4. The normalized spacial score (nSPS) is 11.5. The second-order valence-corrected chi connectivity index (χ2v) is 7.59. The van der Waals surface area contributed by atoms with E-state index < -0.39 is 17.6 Å². The number of rotatable bonds is 7. The van der Waals surface area contributed by atoms with Crippen LogP contribution in [0, 0.1) is 0 Å². The maximum atomic E-state index is 13.0. The minimum absolute atomic E-state index is 0.0614. The first kappa shape index (κ1) is 21.9. The van der Waals surface area contributed by atoms with Crippen molar-refractivity contribution in [3.05, 3.63) is 65.2 Å². The van der Waals surface area contributed by atoms with E-state index in [0.717, 1.165) is 29.7 Å². The van der Waals surface area contributed by atoms with Gasteiger partial charge in [-0.25, -0.2) is 0 Å². The minimum atomic E-state index is -4.46. The van der Waals surface area contributed by atoms with E-state index in [1.165, 1.54) is 28.4 Å². The lowest BCUT2D eigenvalue weighted by atomic mass is 10.1. The van der Waals surface area contributed by atoms with Crippen LogP contribution >= 0.6 is 11.3 Å². The summed E-state index contributed by atoms with van der Waals surface area (Å²) in [5.41, 5.74) is 0.922. The fourth-order valence-corrected chi connectivity index (χ4v) is 3.63. The third-order valence-electron chi connectivity index (χ3n) is 4.47. The lowest BCUT2D eigenvalue weighted by Gasteiger charge is -2.19. The number of benzene rings is 2. The number of unbranched alkanes of at least 4 members (excludes halogenated alkanes) is 1. The first-order chi connectivity index (χ1) is 14.3. The SMILES string of the molecule is CCCCN(C(=O)c1ccc(C(F)(F)F)cc1)c1nnc(-c2ccc(CO)cc2)s1. The number of alkyl halides is 3. The van der Waals surface area contributed by atoms with Crippen molar-refractivity contribution in [3.63, 3.8) is 0 Å². The second-order valence-electron chi connectivity index (χ2n) is 6.63. The molecule has 0 saturated heterocycles. The zero-order valence-corrected chi connectivity index (χ0v) is 17.0. The number of halogens is 3. The van der Waals surface area contributed by atoms with E-state index in [4.69, 9.17) is 5.11 Å². The van der Waals surface area contributed by atoms with Crippen LogP contribution in [0.5, 0.6) is 0 Å². The monoisotopic (exact) mass is 435 g/mol. The fourth-order valence-electron chi connectivity index (χ4n) is 2.75. The minimum Gasteiger partial charge on any atom is -0.392 e. The first-order valence-electron chi connectivity index (χ1n) is 9.36. The molecule has 1 aromatic heterocycles. The molecule has 1 N–H and O–H groups in total. The molecule has 0 spiro atoms. The van der Waals surface area contributed by atoms with Gasteiger partial charge in [-0.15, -0.1) is 10.2 Å². The molecule has 0 atom stereocenters. The van der Waals surface area contributed by atoms with Gasteiger partial charge in [-0.05, 0) is 36.2 Å². The Morgan fingerprint density at radius 2 is 1.73 bits per heavy atom. The largest absolute Gasteiger partial charge is 0.416 e. The molecule has 0 aliphatic heterocycles. The van der Waals surface area contributed by atoms with Gasteiger partial charge in [0.15, 0.2) is 0 Å². The van der Waals surface area contributed by atoms with Crippen molar-refractivity contribution >= 4 is 22.4 Å². The van der Waals surface area contributed by atoms with E-state index in [1.807, 2.05) is 19.1 Å². The van der Waals surface area contributed by atoms with E-state index in [1.54, 1.807) is 12.1 Å². The summed E-state index contributed by atoms with van der Waals surface area (Å²) in [6, 6.07) is 11.3. The summed E-state index contributed by atoms with van der Waals surface area (Å²) in [6.45, 7) is 2.30. The number of aliphatic hydroxyl groups excluding tert-OH is 1. The quantitative estimate of drug-likeness (QED) is 0.557. The average Bonchev–Trinajstić information content (AvgIpc) is 3.23. The van der Waals surface area contributed by atoms with Crippen molar-refractivity contribution in [2.45, 2.75) is 32.5 Å². The third-order valence-corrected chi connectivity index (χ3v) is 5.46. The molecule has 0 unspecified atom stereocenters. The molecule has 3 aromatic rings. The van der Waals surface area contributed by atoms with Crippen LogP contribution in [0.15, 0.2) is 48.5 Å². The number of hydrogen-bond acceptors (Lipinski definition) is 5. The Labute approximate surface area is 175 Å². The van der Waals surface area contributed by atoms with Crippen LogP contribution in [0.1, 0.15) is 41.3 Å². The molecule has 0 aliphatic carbocycles. The van der Waals surface area contributed by atoms with Gasteiger partial charge in [-0.3, -0.25) is 9.69 Å². The Kier molecular flexibility index (Phi) is 6.84. The number of amides is 1. The third kappa shape index (κ3) is 5.03. The zero-order chi connectivity index (χ0) is 21.7. The molecular weight excluding hydrogens is 415 g/mol. The van der Waals surface area contributed by atoms with Gasteiger partial charge in [0.1, 0.15) is 5.01 Å². The number of carbonyl (C=O) groups excluding carboxylic acids is 1. The lowest BCUT2D eigenvalue weighted by molar-refractivity contribution is -0.137. The molecule has 1 amide bonds. The van der Waals surface area contributed by atoms with Crippen LogP contribution in [0.4, 0.5) is 18.3 Å². The summed E-state index contributed by atoms with van der Waals surface area (Å²) in [5, 5.41) is 18.4. The molecule has 30 heavy (non-hydrogen) atoms. The molecule has 1 heterocycles. The van der Waals surface area contributed by atoms with Crippen LogP contribution in [-0.2, 0) is 12.8 Å². The van der Waals surface area contributed by atoms with Crippen molar-refractivity contribution in [3.8, 4) is 10.6 Å². The Morgan fingerprint density at radius 1 is 1.07 bits per heavy atom. The van der Waals surface area contributed by atoms with Gasteiger partial charge in [0.2, 0.25) is 5.13 Å². The Bertz CT molecular complexity index is 986. The predicted molar refractivity (Wildman–Crippen MR) is 109 cm³/mol. The standard InChI is InChI=1S/C21H20F3N3O2S/c1-2-3-12-27(19(29)16-8-10-17(11-9-16)21(22,23)24)20-26-25-18(30-20)15-6-4-14(13-28)5-7-15/h4-11,28H,2-3,12-13H2,1H3. The van der Waals surface area contributed by atoms with Gasteiger partial charge in [0.05, 0.1) is 12.2 Å². The van der Waals surface area contributed by atoms with Gasteiger partial charge >= 0.3 is 6.18 Å². The van der Waals surface area contributed by atoms with Gasteiger partial charge in [0, 0.05) is 17.7 Å². The molecule has 3 rings (SSSR count). The number of hydrogen-bond donors (Lipinski definition) is 1. The lowest BCUT2D eigenvalue weighted by Crippen LogP contribution is -2.32. The van der Waals surface area contributed by atoms with Gasteiger partial charge in [-0.2, -0.15) is 13.2 Å². The summed E-state index contributed by atoms with van der Waals surface area (Å²) in [4.78, 5) is 14.5. The average molecular weight is 435 g/mol. The number of carbonyl (C=O) groups is 1. The van der Waals surface area contributed by atoms with Crippen molar-refractivity contribution in [1.82, 2.24) is 10.2 Å². The van der Waals surface area contributed by atoms with Gasteiger partial charge in [0.25, 0.3) is 5.91 Å². The molecular formula is C21H20F3N3O2S. The Morgan fingerprint density at radius 3 is 2.30 bits per heavy atom. The van der Waals surface area contributed by atoms with Crippen LogP contribution in [0.2, 0.25) is 0 Å². The molecule has 0 bridgehead atoms. The second kappa shape index (κ2) is 9.36. The van der Waals surface area contributed by atoms with Crippen LogP contribution < -0.4 is 4.90 Å². The molecule has 9 heteroatoms. The van der Waals surface area contributed by atoms with E-state index in [9.17, 15) is 18.0 Å². The van der Waals surface area contributed by atoms with Crippen molar-refractivity contribution in [1.29, 1.82) is 0 Å². The summed E-state index contributed by atoms with van der Waals surface area (Å²) in [7, 11) is 0. The molecule has 0 aliphatic rings. The van der Waals surface area contributed by atoms with Gasteiger partial charge in [-0.1, -0.05) is 48.9 Å². The van der Waals surface area contributed by atoms with E-state index in [-0.39, 0.29) is 12.2 Å². The highest BCUT2D eigenvalue weighted by Crippen LogP contribution is 2.31. The van der Waals surface area contributed by atoms with E-state index >= 15 is 0 Å². The predicted octanol–water partition coefficient (Wildman–Crippen LogP) is 5.16. The van der Waals surface area contributed by atoms with Crippen molar-refractivity contribution < 1.29 is 23.1 Å². The van der Waals surface area contributed by atoms with Crippen LogP contribution in [0.3, 0.4) is 0 Å². The number of aliphatic hydroxyl groups is 1. The number of nitrogens with zero attached hydrogens (tertiary/aromatic N) is 3. The smallest absolute Gasteiger partial charge is 0.392 e. The first-order valence-corrected chi connectivity index (χ1v) is 10.2. The van der Waals surface area contributed by atoms with Gasteiger partial charge < -0.3 is 5.11 Å². The highest BCUT2D eigenvalue weighted by atomic mass is 32.1. The molecule has 2 aromatic carbocycles. The number of aromatic nitrogens is 2. The summed E-state index contributed by atoms with van der Waals surface area (Å²) >= 11 is 1.23. The topological polar surface area (TPSA) is 66.3 Å². The molecule has 158 valence electrons. The molecule has 5 nitrogen and oxygen atoms in total. The zero-order valence-electron chi connectivity index (χ0n) is 16.2. The van der Waals surface area contributed by atoms with E-state index in [2.05, 4.69) is 10.2 Å². The van der Waals surface area contributed by atoms with Crippen LogP contribution in [-0.4, -0.2) is 27.8 Å². The number of anilines is 1. The van der Waals surface area contributed by atoms with Crippen LogP contribution in [0.25, 0.3) is 10.6 Å². The fraction of sp³-hybridized carbons (Fsp3) is 0.286. The molecule has 0 radical (unpaired) electrons. The summed E-state index contributed by atoms with van der Waals surface area (Å²) in [6.07, 6.45) is -2.90. The summed E-state index contributed by atoms with van der Waals surface area (Å²) in [5.74, 6) is -0.421. The van der Waals surface area contributed by atoms with Crippen molar-refractivity contribution in [2.24, 2.45) is 0 Å². The van der Waals surface area contributed by atoms with E-state index in [0.29, 0.717) is 23.1 Å². The highest BCUT2D eigenvalue weighted by molar-refractivity contribution is 7.18.